The molecule has 0 amide bonds. The predicted octanol–water partition coefficient (Wildman–Crippen LogP) is 4.26. The normalized spacial score (nSPS) is 10.6. The fourth-order valence-corrected chi connectivity index (χ4v) is 2.28. The van der Waals surface area contributed by atoms with Crippen LogP contribution in [0.25, 0.3) is 0 Å². The molecule has 0 atom stereocenters. The summed E-state index contributed by atoms with van der Waals surface area (Å²) in [7, 11) is 1.91. The van der Waals surface area contributed by atoms with E-state index < -0.39 is 5.82 Å². The van der Waals surface area contributed by atoms with Crippen molar-refractivity contribution in [3.8, 4) is 0 Å². The zero-order valence-electron chi connectivity index (χ0n) is 11.7. The second-order valence-corrected chi connectivity index (χ2v) is 5.26. The molecule has 0 aliphatic carbocycles. The van der Waals surface area contributed by atoms with E-state index in [0.29, 0.717) is 12.2 Å². The molecule has 2 aromatic carbocycles. The fraction of sp³-hybridized carbons (Fsp3) is 0.250. The zero-order valence-corrected chi connectivity index (χ0v) is 12.4. The van der Waals surface area contributed by atoms with Crippen LogP contribution in [0.5, 0.6) is 0 Å². The van der Waals surface area contributed by atoms with E-state index in [-0.39, 0.29) is 5.02 Å². The Balaban J connectivity index is 2.18. The van der Waals surface area contributed by atoms with E-state index in [1.54, 1.807) is 6.07 Å². The standard InChI is InChI=1S/C16H18ClFN2/c1-3-11-4-6-12(7-5-11)10-20(2)16-8-13(17)14(18)9-15(16)19/h4-9H,3,10,19H2,1-2H3. The summed E-state index contributed by atoms with van der Waals surface area (Å²) >= 11 is 5.82. The maximum Gasteiger partial charge on any atom is 0.143 e. The van der Waals surface area contributed by atoms with Crippen molar-refractivity contribution in [1.29, 1.82) is 0 Å². The SMILES string of the molecule is CCc1ccc(CN(C)c2cc(Cl)c(F)cc2N)cc1. The van der Waals surface area contributed by atoms with E-state index in [4.69, 9.17) is 17.3 Å². The van der Waals surface area contributed by atoms with Crippen molar-refractivity contribution in [2.45, 2.75) is 19.9 Å². The molecule has 0 radical (unpaired) electrons. The number of nitrogens with zero attached hydrogens (tertiary/aromatic N) is 1. The van der Waals surface area contributed by atoms with Crippen molar-refractivity contribution in [2.75, 3.05) is 17.7 Å². The number of benzene rings is 2. The third-order valence-corrected chi connectivity index (χ3v) is 3.62. The van der Waals surface area contributed by atoms with Crippen LogP contribution in [0.15, 0.2) is 36.4 Å². The summed E-state index contributed by atoms with van der Waals surface area (Å²) in [4.78, 5) is 1.96. The minimum Gasteiger partial charge on any atom is -0.397 e. The fourth-order valence-electron chi connectivity index (χ4n) is 2.12. The van der Waals surface area contributed by atoms with Crippen LogP contribution < -0.4 is 10.6 Å². The Morgan fingerprint density at radius 3 is 2.35 bits per heavy atom. The summed E-state index contributed by atoms with van der Waals surface area (Å²) < 4.78 is 13.3. The van der Waals surface area contributed by atoms with Gasteiger partial charge >= 0.3 is 0 Å². The van der Waals surface area contributed by atoms with Crippen LogP contribution in [0, 0.1) is 5.82 Å². The Morgan fingerprint density at radius 1 is 1.15 bits per heavy atom. The minimum absolute atomic E-state index is 0.0855. The van der Waals surface area contributed by atoms with Crippen molar-refractivity contribution in [2.24, 2.45) is 0 Å². The minimum atomic E-state index is -0.492. The van der Waals surface area contributed by atoms with E-state index in [9.17, 15) is 4.39 Å². The molecule has 2 nitrogen and oxygen atoms in total. The van der Waals surface area contributed by atoms with Crippen LogP contribution in [-0.2, 0) is 13.0 Å². The summed E-state index contributed by atoms with van der Waals surface area (Å²) in [5.74, 6) is -0.492. The van der Waals surface area contributed by atoms with Gasteiger partial charge in [0.15, 0.2) is 0 Å². The lowest BCUT2D eigenvalue weighted by molar-refractivity contribution is 0.628. The summed E-state index contributed by atoms with van der Waals surface area (Å²) in [6, 6.07) is 11.2. The number of aryl methyl sites for hydroxylation is 1. The van der Waals surface area contributed by atoms with E-state index in [2.05, 4.69) is 31.2 Å². The lowest BCUT2D eigenvalue weighted by Crippen LogP contribution is -2.18. The molecule has 2 N–H and O–H groups in total. The molecule has 2 aromatic rings. The second-order valence-electron chi connectivity index (χ2n) is 4.85. The maximum absolute atomic E-state index is 13.3. The first-order valence-corrected chi connectivity index (χ1v) is 6.92. The van der Waals surface area contributed by atoms with Crippen LogP contribution >= 0.6 is 11.6 Å². The average molecular weight is 293 g/mol. The molecule has 0 unspecified atom stereocenters. The zero-order chi connectivity index (χ0) is 14.7. The summed E-state index contributed by atoms with van der Waals surface area (Å²) in [6.07, 6.45) is 1.02. The predicted molar refractivity (Wildman–Crippen MR) is 83.7 cm³/mol. The molecule has 2 rings (SSSR count). The van der Waals surface area contributed by atoms with Gasteiger partial charge in [0.1, 0.15) is 5.82 Å². The van der Waals surface area contributed by atoms with Gasteiger partial charge in [-0.1, -0.05) is 42.8 Å². The highest BCUT2D eigenvalue weighted by atomic mass is 35.5. The Labute approximate surface area is 124 Å². The highest BCUT2D eigenvalue weighted by Gasteiger charge is 2.10. The molecule has 0 saturated carbocycles. The third-order valence-electron chi connectivity index (χ3n) is 3.33. The quantitative estimate of drug-likeness (QED) is 0.853. The summed E-state index contributed by atoms with van der Waals surface area (Å²) in [6.45, 7) is 2.82. The van der Waals surface area contributed by atoms with Crippen molar-refractivity contribution < 1.29 is 4.39 Å². The molecule has 0 aromatic heterocycles. The molecule has 0 aliphatic rings. The Bertz CT molecular complexity index is 596. The van der Waals surface area contributed by atoms with Crippen molar-refractivity contribution in [1.82, 2.24) is 0 Å². The molecule has 0 heterocycles. The Kier molecular flexibility index (Phi) is 4.50. The molecule has 20 heavy (non-hydrogen) atoms. The van der Waals surface area contributed by atoms with Crippen LogP contribution in [-0.4, -0.2) is 7.05 Å². The van der Waals surface area contributed by atoms with Gasteiger partial charge in [-0.2, -0.15) is 0 Å². The molecule has 4 heteroatoms. The largest absolute Gasteiger partial charge is 0.397 e. The molecular formula is C16H18ClFN2. The second kappa shape index (κ2) is 6.14. The van der Waals surface area contributed by atoms with Crippen LogP contribution in [0.3, 0.4) is 0 Å². The summed E-state index contributed by atoms with van der Waals surface area (Å²) in [5.41, 5.74) is 9.45. The van der Waals surface area contributed by atoms with Crippen molar-refractivity contribution in [3.63, 3.8) is 0 Å². The maximum atomic E-state index is 13.3. The van der Waals surface area contributed by atoms with Gasteiger partial charge in [-0.05, 0) is 23.6 Å². The van der Waals surface area contributed by atoms with Gasteiger partial charge in [0, 0.05) is 19.7 Å². The molecule has 0 spiro atoms. The molecule has 106 valence electrons. The number of halogens is 2. The highest BCUT2D eigenvalue weighted by molar-refractivity contribution is 6.31. The molecule has 0 aliphatic heterocycles. The first kappa shape index (κ1) is 14.7. The van der Waals surface area contributed by atoms with Gasteiger partial charge in [-0.15, -0.1) is 0 Å². The number of rotatable bonds is 4. The third kappa shape index (κ3) is 3.23. The first-order chi connectivity index (χ1) is 9.51. The molecule has 0 bridgehead atoms. The smallest absolute Gasteiger partial charge is 0.143 e. The number of anilines is 2. The Morgan fingerprint density at radius 2 is 1.75 bits per heavy atom. The number of nitrogens with two attached hydrogens (primary N) is 1. The van der Waals surface area contributed by atoms with Gasteiger partial charge < -0.3 is 10.6 Å². The van der Waals surface area contributed by atoms with Gasteiger partial charge in [0.25, 0.3) is 0 Å². The number of nitrogen functional groups attached to an aromatic ring is 1. The van der Waals surface area contributed by atoms with Crippen LogP contribution in [0.1, 0.15) is 18.1 Å². The van der Waals surface area contributed by atoms with Crippen molar-refractivity contribution in [3.05, 3.63) is 58.4 Å². The lowest BCUT2D eigenvalue weighted by atomic mass is 10.1. The van der Waals surface area contributed by atoms with E-state index >= 15 is 0 Å². The molecule has 0 saturated heterocycles. The average Bonchev–Trinajstić information content (AvgIpc) is 2.43. The number of hydrogen-bond donors (Lipinski definition) is 1. The van der Waals surface area contributed by atoms with E-state index in [1.165, 1.54) is 17.2 Å². The summed E-state index contributed by atoms with van der Waals surface area (Å²) in [5, 5.41) is 0.0855. The first-order valence-electron chi connectivity index (χ1n) is 6.54. The van der Waals surface area contributed by atoms with Crippen LogP contribution in [0.2, 0.25) is 5.02 Å². The van der Waals surface area contributed by atoms with Gasteiger partial charge in [0.05, 0.1) is 16.4 Å². The van der Waals surface area contributed by atoms with E-state index in [0.717, 1.165) is 12.1 Å². The topological polar surface area (TPSA) is 29.3 Å². The lowest BCUT2D eigenvalue weighted by Gasteiger charge is -2.21. The number of hydrogen-bond acceptors (Lipinski definition) is 2. The van der Waals surface area contributed by atoms with Crippen molar-refractivity contribution >= 4 is 23.0 Å². The Hall–Kier alpha value is -1.74. The monoisotopic (exact) mass is 292 g/mol. The molecule has 0 fully saturated rings. The van der Waals surface area contributed by atoms with E-state index in [1.807, 2.05) is 11.9 Å². The van der Waals surface area contributed by atoms with Gasteiger partial charge in [0.2, 0.25) is 0 Å². The molecular weight excluding hydrogens is 275 g/mol. The van der Waals surface area contributed by atoms with Crippen LogP contribution in [0.4, 0.5) is 15.8 Å². The van der Waals surface area contributed by atoms with Gasteiger partial charge in [-0.3, -0.25) is 0 Å². The highest BCUT2D eigenvalue weighted by Crippen LogP contribution is 2.29. The van der Waals surface area contributed by atoms with Gasteiger partial charge in [-0.25, -0.2) is 4.39 Å².